The maximum Gasteiger partial charge on any atom is 0.442 e. The maximum absolute atomic E-state index is 13.2. The van der Waals surface area contributed by atoms with E-state index in [4.69, 9.17) is 0 Å². The molecule has 2 rings (SSSR count). The Morgan fingerprint density at radius 3 is 2.47 bits per heavy atom. The number of aryl methyl sites for hydroxylation is 1. The Bertz CT molecular complexity index is 493. The van der Waals surface area contributed by atoms with Gasteiger partial charge >= 0.3 is 5.51 Å². The van der Waals surface area contributed by atoms with Gasteiger partial charge in [0, 0.05) is 4.90 Å². The predicted octanol–water partition coefficient (Wildman–Crippen LogP) is 5.62. The Kier molecular flexibility index (Phi) is 3.11. The predicted molar refractivity (Wildman–Crippen MR) is 70.3 cm³/mol. The number of fused-ring (bicyclic) bond motifs is 1. The van der Waals surface area contributed by atoms with Crippen LogP contribution in [0.2, 0.25) is 0 Å². The Morgan fingerprint density at radius 1 is 1.29 bits per heavy atom. The Hall–Kier alpha value is -0.420. The second-order valence-corrected chi connectivity index (χ2v) is 9.50. The van der Waals surface area contributed by atoms with Gasteiger partial charge in [0.05, 0.1) is 0 Å². The van der Waals surface area contributed by atoms with E-state index in [1.807, 2.05) is 13.0 Å². The molecule has 1 aromatic carbocycles. The summed E-state index contributed by atoms with van der Waals surface area (Å²) in [5, 5.41) is 0. The third-order valence-corrected chi connectivity index (χ3v) is 9.21. The van der Waals surface area contributed by atoms with Crippen molar-refractivity contribution in [1.29, 1.82) is 0 Å². The van der Waals surface area contributed by atoms with Crippen molar-refractivity contribution in [2.45, 2.75) is 30.7 Å². The molecule has 0 spiro atoms. The van der Waals surface area contributed by atoms with Crippen LogP contribution in [0.15, 0.2) is 28.0 Å². The zero-order valence-corrected chi connectivity index (χ0v) is 11.8. The molecule has 0 radical (unpaired) electrons. The topological polar surface area (TPSA) is 0 Å². The lowest BCUT2D eigenvalue weighted by atomic mass is 10.1. The average molecular weight is 325 g/mol. The monoisotopic (exact) mass is 324 g/mol. The standard InChI is InChI=1S/C12H12BrF3S/c1-3-9-4-5-11-10(7-9)6-8(2)17(11,13)12(14,15)16/h4-7H,3H2,1-2H3. The van der Waals surface area contributed by atoms with Crippen molar-refractivity contribution >= 4 is 29.4 Å². The zero-order valence-electron chi connectivity index (χ0n) is 9.44. The summed E-state index contributed by atoms with van der Waals surface area (Å²) in [4.78, 5) is 0.743. The van der Waals surface area contributed by atoms with E-state index in [1.54, 1.807) is 25.1 Å². The van der Waals surface area contributed by atoms with Gasteiger partial charge in [0.2, 0.25) is 0 Å². The van der Waals surface area contributed by atoms with Gasteiger partial charge in [0.15, 0.2) is 0 Å². The van der Waals surface area contributed by atoms with Gasteiger partial charge in [-0.25, -0.2) is 0 Å². The normalized spacial score (nSPS) is 27.3. The summed E-state index contributed by atoms with van der Waals surface area (Å²) >= 11 is 2.97. The Morgan fingerprint density at radius 2 is 1.94 bits per heavy atom. The highest BCUT2D eigenvalue weighted by Gasteiger charge is 2.53. The molecule has 0 amide bonds. The van der Waals surface area contributed by atoms with Gasteiger partial charge < -0.3 is 0 Å². The minimum Gasteiger partial charge on any atom is -0.160 e. The molecular formula is C12H12BrF3S. The van der Waals surface area contributed by atoms with Crippen LogP contribution in [-0.4, -0.2) is 5.51 Å². The number of benzene rings is 1. The van der Waals surface area contributed by atoms with Gasteiger partial charge in [-0.2, -0.15) is 13.2 Å². The first-order chi connectivity index (χ1) is 7.80. The number of allylic oxidation sites excluding steroid dienone is 1. The highest BCUT2D eigenvalue weighted by molar-refractivity contribution is 9.59. The average Bonchev–Trinajstić information content (AvgIpc) is 2.51. The molecule has 0 N–H and O–H groups in total. The van der Waals surface area contributed by atoms with Gasteiger partial charge in [-0.1, -0.05) is 19.1 Å². The summed E-state index contributed by atoms with van der Waals surface area (Å²) < 4.78 is 39.6. The van der Waals surface area contributed by atoms with Crippen LogP contribution in [0.3, 0.4) is 0 Å². The zero-order chi connectivity index (χ0) is 12.8. The largest absolute Gasteiger partial charge is 0.442 e. The molecule has 5 heteroatoms. The van der Waals surface area contributed by atoms with Crippen LogP contribution in [0, 0.1) is 0 Å². The Balaban J connectivity index is 2.62. The molecule has 1 heterocycles. The molecule has 0 nitrogen and oxygen atoms in total. The van der Waals surface area contributed by atoms with Crippen LogP contribution >= 0.6 is 23.3 Å². The molecule has 0 aliphatic carbocycles. The van der Waals surface area contributed by atoms with Gasteiger partial charge in [-0.3, -0.25) is 0 Å². The summed E-state index contributed by atoms with van der Waals surface area (Å²) in [5.74, 6) is 0. The summed E-state index contributed by atoms with van der Waals surface area (Å²) in [6, 6.07) is 5.24. The van der Waals surface area contributed by atoms with Crippen LogP contribution in [0.4, 0.5) is 13.2 Å². The van der Waals surface area contributed by atoms with E-state index >= 15 is 0 Å². The number of hydrogen-bond acceptors (Lipinski definition) is 0. The van der Waals surface area contributed by atoms with Crippen molar-refractivity contribution in [3.8, 4) is 0 Å². The lowest BCUT2D eigenvalue weighted by Gasteiger charge is -2.33. The van der Waals surface area contributed by atoms with Crippen molar-refractivity contribution in [3.63, 3.8) is 0 Å². The first-order valence-corrected chi connectivity index (χ1v) is 8.69. The van der Waals surface area contributed by atoms with Crippen molar-refractivity contribution in [2.24, 2.45) is 0 Å². The van der Waals surface area contributed by atoms with E-state index in [0.717, 1.165) is 12.0 Å². The number of rotatable bonds is 1. The second kappa shape index (κ2) is 4.05. The number of halogens is 4. The minimum absolute atomic E-state index is 0.369. The molecule has 1 aromatic rings. The lowest BCUT2D eigenvalue weighted by molar-refractivity contribution is -0.0355. The van der Waals surface area contributed by atoms with Crippen LogP contribution in [0.1, 0.15) is 25.0 Å². The third-order valence-electron chi connectivity index (χ3n) is 2.91. The molecule has 0 aromatic heterocycles. The molecule has 1 atom stereocenters. The van der Waals surface area contributed by atoms with Crippen molar-refractivity contribution < 1.29 is 13.2 Å². The minimum atomic E-state index is -4.24. The quantitative estimate of drug-likeness (QED) is 0.629. The number of alkyl halides is 3. The molecule has 0 bridgehead atoms. The van der Waals surface area contributed by atoms with Crippen molar-refractivity contribution in [3.05, 3.63) is 34.2 Å². The van der Waals surface area contributed by atoms with Gasteiger partial charge in [-0.15, -0.1) is 0 Å². The smallest absolute Gasteiger partial charge is 0.160 e. The third kappa shape index (κ3) is 1.83. The molecule has 0 fully saturated rings. The van der Waals surface area contributed by atoms with E-state index in [1.165, 1.54) is 0 Å². The fraction of sp³-hybridized carbons (Fsp3) is 0.333. The summed E-state index contributed by atoms with van der Waals surface area (Å²) in [7, 11) is -3.01. The Labute approximate surface area is 107 Å². The molecular weight excluding hydrogens is 313 g/mol. The SMILES string of the molecule is CCc1ccc2c(c1)C=C(C)S2(Br)C(F)(F)F. The van der Waals surface area contributed by atoms with Crippen molar-refractivity contribution in [1.82, 2.24) is 0 Å². The molecule has 1 aliphatic rings. The molecule has 94 valence electrons. The van der Waals surface area contributed by atoms with E-state index < -0.39 is 14.0 Å². The maximum atomic E-state index is 13.2. The number of hydrogen-bond donors (Lipinski definition) is 0. The molecule has 17 heavy (non-hydrogen) atoms. The van der Waals surface area contributed by atoms with Crippen molar-refractivity contribution in [2.75, 3.05) is 0 Å². The van der Waals surface area contributed by atoms with Gasteiger partial charge in [-0.05, 0) is 64.8 Å². The van der Waals surface area contributed by atoms with Crippen LogP contribution < -0.4 is 0 Å². The fourth-order valence-electron chi connectivity index (χ4n) is 1.97. The van der Waals surface area contributed by atoms with Crippen LogP contribution in [0.25, 0.3) is 6.08 Å². The molecule has 1 unspecified atom stereocenters. The van der Waals surface area contributed by atoms with E-state index in [9.17, 15) is 13.2 Å². The second-order valence-electron chi connectivity index (χ2n) is 3.96. The molecule has 1 aliphatic heterocycles. The highest BCUT2D eigenvalue weighted by Crippen LogP contribution is 2.80. The molecule has 0 saturated carbocycles. The van der Waals surface area contributed by atoms with E-state index in [-0.39, 0.29) is 0 Å². The van der Waals surface area contributed by atoms with E-state index in [2.05, 4.69) is 14.8 Å². The van der Waals surface area contributed by atoms with Crippen LogP contribution in [0.5, 0.6) is 0 Å². The summed E-state index contributed by atoms with van der Waals surface area (Å²) in [6.45, 7) is 3.54. The van der Waals surface area contributed by atoms with Crippen LogP contribution in [-0.2, 0) is 6.42 Å². The highest BCUT2D eigenvalue weighted by atomic mass is 79.9. The van der Waals surface area contributed by atoms with Gasteiger partial charge in [0.25, 0.3) is 0 Å². The first kappa shape index (κ1) is 13.0. The molecule has 0 saturated heterocycles. The van der Waals surface area contributed by atoms with Gasteiger partial charge in [0.1, 0.15) is 0 Å². The first-order valence-electron chi connectivity index (χ1n) is 5.21. The summed E-state index contributed by atoms with van der Waals surface area (Å²) in [5.41, 5.74) is -2.48. The lowest BCUT2D eigenvalue weighted by Crippen LogP contribution is -2.14. The fourth-order valence-corrected chi connectivity index (χ4v) is 5.08. The van der Waals surface area contributed by atoms with E-state index in [0.29, 0.717) is 15.4 Å². The summed E-state index contributed by atoms with van der Waals surface area (Å²) in [6.07, 6.45) is 2.48.